The minimum absolute atomic E-state index is 0.209. The zero-order valence-corrected chi connectivity index (χ0v) is 21.8. The van der Waals surface area contributed by atoms with Crippen molar-refractivity contribution in [3.63, 3.8) is 0 Å². The van der Waals surface area contributed by atoms with E-state index in [2.05, 4.69) is 73.6 Å². The van der Waals surface area contributed by atoms with Gasteiger partial charge in [-0.3, -0.25) is 0 Å². The van der Waals surface area contributed by atoms with Crippen LogP contribution in [0.5, 0.6) is 0 Å². The Bertz CT molecular complexity index is 909. The van der Waals surface area contributed by atoms with Crippen molar-refractivity contribution in [1.82, 2.24) is 10.2 Å². The van der Waals surface area contributed by atoms with Crippen LogP contribution in [-0.2, 0) is 30.5 Å². The molecule has 0 atom stereocenters. The molecule has 0 saturated heterocycles. The number of carbonyl (C=O) groups is 1. The quantitative estimate of drug-likeness (QED) is 0.419. The number of aryl methyl sites for hydroxylation is 1. The molecule has 2 heterocycles. The largest absolute Gasteiger partial charge is 0.444 e. The van der Waals surface area contributed by atoms with Gasteiger partial charge in [0.1, 0.15) is 5.60 Å². The minimum Gasteiger partial charge on any atom is -0.444 e. The van der Waals surface area contributed by atoms with Crippen LogP contribution in [0.25, 0.3) is 0 Å². The third kappa shape index (κ3) is 7.62. The Balaban J connectivity index is 0.000000194. The molecule has 4 rings (SSSR count). The summed E-state index contributed by atoms with van der Waals surface area (Å²) in [6.45, 7) is 9.31. The molecule has 2 aromatic rings. The number of nitrogens with one attached hydrogen (secondary N) is 1. The SMILES string of the molecule is Brc1ccc2c(c1)CCCNC2.CC(C)(C)OC(=O)N1CCc2ccc(Br)cc2CC1. The van der Waals surface area contributed by atoms with Crippen molar-refractivity contribution < 1.29 is 9.53 Å². The lowest BCUT2D eigenvalue weighted by atomic mass is 10.0. The monoisotopic (exact) mass is 550 g/mol. The van der Waals surface area contributed by atoms with Crippen molar-refractivity contribution in [2.45, 2.75) is 58.6 Å². The summed E-state index contributed by atoms with van der Waals surface area (Å²) < 4.78 is 7.72. The second kappa shape index (κ2) is 11.0. The van der Waals surface area contributed by atoms with Gasteiger partial charge >= 0.3 is 6.09 Å². The molecular formula is C25H32Br2N2O2. The molecule has 2 aliphatic rings. The molecule has 0 radical (unpaired) electrons. The molecule has 168 valence electrons. The minimum atomic E-state index is -0.431. The van der Waals surface area contributed by atoms with Crippen LogP contribution in [0, 0.1) is 0 Å². The summed E-state index contributed by atoms with van der Waals surface area (Å²) >= 11 is 6.99. The highest BCUT2D eigenvalue weighted by molar-refractivity contribution is 9.10. The molecular weight excluding hydrogens is 520 g/mol. The molecule has 2 aliphatic heterocycles. The Morgan fingerprint density at radius 1 is 0.903 bits per heavy atom. The van der Waals surface area contributed by atoms with Gasteiger partial charge in [0.2, 0.25) is 0 Å². The van der Waals surface area contributed by atoms with Crippen LogP contribution in [0.15, 0.2) is 45.3 Å². The van der Waals surface area contributed by atoms with E-state index in [0.29, 0.717) is 0 Å². The molecule has 1 amide bonds. The first-order valence-electron chi connectivity index (χ1n) is 10.9. The Morgan fingerprint density at radius 3 is 2.13 bits per heavy atom. The van der Waals surface area contributed by atoms with E-state index < -0.39 is 5.60 Å². The highest BCUT2D eigenvalue weighted by Crippen LogP contribution is 2.22. The van der Waals surface area contributed by atoms with E-state index in [9.17, 15) is 4.79 Å². The molecule has 4 nitrogen and oxygen atoms in total. The summed E-state index contributed by atoms with van der Waals surface area (Å²) in [6, 6.07) is 12.9. The topological polar surface area (TPSA) is 41.6 Å². The fourth-order valence-corrected chi connectivity index (χ4v) is 4.65. The average molecular weight is 552 g/mol. The zero-order chi connectivity index (χ0) is 22.4. The van der Waals surface area contributed by atoms with Crippen molar-refractivity contribution in [2.24, 2.45) is 0 Å². The predicted octanol–water partition coefficient (Wildman–Crippen LogP) is 6.27. The van der Waals surface area contributed by atoms with Gasteiger partial charge in [0.25, 0.3) is 0 Å². The van der Waals surface area contributed by atoms with Crippen LogP contribution in [0.4, 0.5) is 4.79 Å². The molecule has 0 spiro atoms. The molecule has 2 aromatic carbocycles. The molecule has 1 N–H and O–H groups in total. The second-order valence-corrected chi connectivity index (χ2v) is 10.9. The van der Waals surface area contributed by atoms with Crippen LogP contribution in [-0.4, -0.2) is 36.2 Å². The number of hydrogen-bond acceptors (Lipinski definition) is 3. The first kappa shape index (κ1) is 24.3. The molecule has 0 fully saturated rings. The zero-order valence-electron chi connectivity index (χ0n) is 18.6. The molecule has 31 heavy (non-hydrogen) atoms. The summed E-state index contributed by atoms with van der Waals surface area (Å²) in [6.07, 6.45) is 4.03. The fourth-order valence-electron chi connectivity index (χ4n) is 3.83. The number of halogens is 2. The van der Waals surface area contributed by atoms with E-state index in [0.717, 1.165) is 43.5 Å². The van der Waals surface area contributed by atoms with Crippen LogP contribution in [0.1, 0.15) is 49.4 Å². The molecule has 0 bridgehead atoms. The Kier molecular flexibility index (Phi) is 8.59. The van der Waals surface area contributed by atoms with E-state index >= 15 is 0 Å². The summed E-state index contributed by atoms with van der Waals surface area (Å²) in [5.41, 5.74) is 5.17. The van der Waals surface area contributed by atoms with Gasteiger partial charge in [0, 0.05) is 28.6 Å². The molecule has 0 aliphatic carbocycles. The van der Waals surface area contributed by atoms with Gasteiger partial charge in [-0.2, -0.15) is 0 Å². The highest BCUT2D eigenvalue weighted by Gasteiger charge is 2.24. The Morgan fingerprint density at radius 2 is 1.48 bits per heavy atom. The average Bonchev–Trinajstić information content (AvgIpc) is 3.05. The van der Waals surface area contributed by atoms with Crippen LogP contribution >= 0.6 is 31.9 Å². The first-order valence-corrected chi connectivity index (χ1v) is 12.5. The maximum Gasteiger partial charge on any atom is 0.410 e. The number of ether oxygens (including phenoxy) is 1. The third-order valence-electron chi connectivity index (χ3n) is 5.41. The van der Waals surface area contributed by atoms with Crippen LogP contribution in [0.2, 0.25) is 0 Å². The third-order valence-corrected chi connectivity index (χ3v) is 6.39. The standard InChI is InChI=1S/C15H20BrNO2.C10H12BrN/c1-15(2,3)19-14(18)17-8-6-11-4-5-13(16)10-12(11)7-9-17;11-10-4-3-9-7-12-5-1-2-8(9)6-10/h4-5,10H,6-9H2,1-3H3;3-4,6,12H,1-2,5,7H2. The van der Waals surface area contributed by atoms with Crippen molar-refractivity contribution >= 4 is 38.0 Å². The maximum atomic E-state index is 12.1. The summed E-state index contributed by atoms with van der Waals surface area (Å²) in [7, 11) is 0. The highest BCUT2D eigenvalue weighted by atomic mass is 79.9. The van der Waals surface area contributed by atoms with E-state index in [1.54, 1.807) is 4.90 Å². The van der Waals surface area contributed by atoms with Crippen molar-refractivity contribution in [3.05, 3.63) is 67.6 Å². The normalized spacial score (nSPS) is 16.1. The van der Waals surface area contributed by atoms with Crippen molar-refractivity contribution in [2.75, 3.05) is 19.6 Å². The molecule has 0 saturated carbocycles. The van der Waals surface area contributed by atoms with Crippen LogP contribution < -0.4 is 5.32 Å². The summed E-state index contributed by atoms with van der Waals surface area (Å²) in [5.74, 6) is 0. The van der Waals surface area contributed by atoms with Gasteiger partial charge in [0.15, 0.2) is 0 Å². The Labute approximate surface area is 203 Å². The first-order chi connectivity index (χ1) is 14.7. The van der Waals surface area contributed by atoms with Gasteiger partial charge in [-0.1, -0.05) is 44.0 Å². The number of hydrogen-bond donors (Lipinski definition) is 1. The number of nitrogens with zero attached hydrogens (tertiary/aromatic N) is 1. The van der Waals surface area contributed by atoms with E-state index in [-0.39, 0.29) is 6.09 Å². The second-order valence-electron chi connectivity index (χ2n) is 9.07. The van der Waals surface area contributed by atoms with Crippen LogP contribution in [0.3, 0.4) is 0 Å². The smallest absolute Gasteiger partial charge is 0.410 e. The fraction of sp³-hybridized carbons (Fsp3) is 0.480. The van der Waals surface area contributed by atoms with E-state index in [1.165, 1.54) is 39.6 Å². The van der Waals surface area contributed by atoms with Crippen molar-refractivity contribution in [3.8, 4) is 0 Å². The van der Waals surface area contributed by atoms with Gasteiger partial charge in [0.05, 0.1) is 0 Å². The number of benzene rings is 2. The van der Waals surface area contributed by atoms with Gasteiger partial charge in [-0.05, 0) is 99.5 Å². The molecule has 0 aromatic heterocycles. The number of amides is 1. The Hall–Kier alpha value is -1.37. The lowest BCUT2D eigenvalue weighted by Gasteiger charge is -2.26. The van der Waals surface area contributed by atoms with Gasteiger partial charge in [-0.25, -0.2) is 4.79 Å². The number of fused-ring (bicyclic) bond motifs is 2. The van der Waals surface area contributed by atoms with Crippen molar-refractivity contribution in [1.29, 1.82) is 0 Å². The lowest BCUT2D eigenvalue weighted by Crippen LogP contribution is -2.38. The molecule has 0 unspecified atom stereocenters. The molecule has 6 heteroatoms. The number of rotatable bonds is 0. The number of carbonyl (C=O) groups excluding carboxylic acids is 1. The lowest BCUT2D eigenvalue weighted by molar-refractivity contribution is 0.0258. The van der Waals surface area contributed by atoms with E-state index in [1.807, 2.05) is 20.8 Å². The predicted molar refractivity (Wildman–Crippen MR) is 134 cm³/mol. The maximum absolute atomic E-state index is 12.1. The van der Waals surface area contributed by atoms with E-state index in [4.69, 9.17) is 4.74 Å². The van der Waals surface area contributed by atoms with Gasteiger partial charge in [-0.15, -0.1) is 0 Å². The summed E-state index contributed by atoms with van der Waals surface area (Å²) in [5, 5.41) is 3.41. The summed E-state index contributed by atoms with van der Waals surface area (Å²) in [4.78, 5) is 13.9. The van der Waals surface area contributed by atoms with Gasteiger partial charge < -0.3 is 15.0 Å².